The molecule has 3 rings (SSSR count). The fraction of sp³-hybridized carbons (Fsp3) is 0. The second kappa shape index (κ2) is 5.70. The quantitative estimate of drug-likeness (QED) is 0.372. The molecule has 0 aliphatic heterocycles. The van der Waals surface area contributed by atoms with Gasteiger partial charge in [0.25, 0.3) is 5.89 Å². The number of hydrogen-bond donors (Lipinski definition) is 3. The maximum absolute atomic E-state index is 10.9. The van der Waals surface area contributed by atoms with Crippen LogP contribution < -0.4 is 0 Å². The monoisotopic (exact) mass is 349 g/mol. The van der Waals surface area contributed by atoms with E-state index in [0.717, 1.165) is 6.07 Å². The predicted octanol–water partition coefficient (Wildman–Crippen LogP) is 3.08. The van der Waals surface area contributed by atoms with Crippen LogP contribution in [0.2, 0.25) is 5.02 Å². The van der Waals surface area contributed by atoms with Crippen molar-refractivity contribution in [3.05, 3.63) is 45.5 Å². The number of phenolic OH excluding ortho intramolecular Hbond substituents is 3. The molecule has 0 bridgehead atoms. The van der Waals surface area contributed by atoms with Crippen LogP contribution in [-0.2, 0) is 0 Å². The van der Waals surface area contributed by atoms with Gasteiger partial charge in [0.2, 0.25) is 11.6 Å². The molecule has 0 saturated heterocycles. The van der Waals surface area contributed by atoms with Gasteiger partial charge in [-0.05, 0) is 12.1 Å². The summed E-state index contributed by atoms with van der Waals surface area (Å²) in [5, 5.41) is 43.0. The molecule has 10 heteroatoms. The van der Waals surface area contributed by atoms with Crippen LogP contribution in [0, 0.1) is 10.1 Å². The number of benzene rings is 2. The number of rotatable bonds is 3. The number of aromatic hydroxyl groups is 3. The van der Waals surface area contributed by atoms with Crippen LogP contribution in [0.15, 0.2) is 34.9 Å². The van der Waals surface area contributed by atoms with Crippen molar-refractivity contribution in [2.24, 2.45) is 0 Å². The molecule has 0 saturated carbocycles. The number of nitro benzene ring substituents is 1. The lowest BCUT2D eigenvalue weighted by molar-refractivity contribution is -0.385. The van der Waals surface area contributed by atoms with Crippen molar-refractivity contribution in [3.63, 3.8) is 0 Å². The Bertz CT molecular complexity index is 956. The number of aromatic nitrogens is 2. The molecule has 0 unspecified atom stereocenters. The van der Waals surface area contributed by atoms with Crippen LogP contribution in [0.1, 0.15) is 0 Å². The number of hydrogen-bond acceptors (Lipinski definition) is 8. The van der Waals surface area contributed by atoms with Gasteiger partial charge < -0.3 is 19.8 Å². The Balaban J connectivity index is 2.12. The summed E-state index contributed by atoms with van der Waals surface area (Å²) >= 11 is 5.89. The van der Waals surface area contributed by atoms with Crippen LogP contribution in [0.25, 0.3) is 22.8 Å². The third-order valence-corrected chi connectivity index (χ3v) is 3.53. The van der Waals surface area contributed by atoms with Gasteiger partial charge in [0.1, 0.15) is 5.75 Å². The first kappa shape index (κ1) is 15.6. The molecule has 3 N–H and O–H groups in total. The van der Waals surface area contributed by atoms with Gasteiger partial charge in [0.05, 0.1) is 15.5 Å². The molecule has 0 radical (unpaired) electrons. The van der Waals surface area contributed by atoms with Crippen molar-refractivity contribution in [2.75, 3.05) is 0 Å². The molecular weight excluding hydrogens is 342 g/mol. The molecule has 24 heavy (non-hydrogen) atoms. The number of phenols is 3. The summed E-state index contributed by atoms with van der Waals surface area (Å²) in [6.07, 6.45) is 0. The molecule has 0 atom stereocenters. The molecule has 0 aliphatic rings. The topological polar surface area (TPSA) is 143 Å². The second-order valence-corrected chi connectivity index (χ2v) is 5.06. The van der Waals surface area contributed by atoms with E-state index in [4.69, 9.17) is 16.1 Å². The fourth-order valence-electron chi connectivity index (χ4n) is 2.01. The summed E-state index contributed by atoms with van der Waals surface area (Å²) in [5.74, 6) is -1.92. The van der Waals surface area contributed by atoms with Gasteiger partial charge in [0.15, 0.2) is 5.75 Å². The molecule has 0 fully saturated rings. The zero-order valence-corrected chi connectivity index (χ0v) is 12.4. The van der Waals surface area contributed by atoms with E-state index >= 15 is 0 Å². The van der Waals surface area contributed by atoms with Gasteiger partial charge in [0, 0.05) is 11.6 Å². The highest BCUT2D eigenvalue weighted by atomic mass is 35.5. The normalized spacial score (nSPS) is 10.7. The van der Waals surface area contributed by atoms with Crippen LogP contribution >= 0.6 is 11.6 Å². The van der Waals surface area contributed by atoms with Gasteiger partial charge in [-0.3, -0.25) is 10.1 Å². The lowest BCUT2D eigenvalue weighted by Gasteiger charge is -2.04. The smallest absolute Gasteiger partial charge is 0.315 e. The molecule has 0 amide bonds. The Morgan fingerprint density at radius 1 is 1.17 bits per heavy atom. The number of nitrogens with zero attached hydrogens (tertiary/aromatic N) is 3. The van der Waals surface area contributed by atoms with E-state index < -0.39 is 22.1 Å². The lowest BCUT2D eigenvalue weighted by atomic mass is 10.1. The Kier molecular flexibility index (Phi) is 3.70. The largest absolute Gasteiger partial charge is 0.508 e. The molecule has 1 aromatic heterocycles. The van der Waals surface area contributed by atoms with Crippen LogP contribution in [0.5, 0.6) is 17.2 Å². The van der Waals surface area contributed by atoms with Crippen LogP contribution in [-0.4, -0.2) is 30.4 Å². The van der Waals surface area contributed by atoms with E-state index in [-0.39, 0.29) is 28.1 Å². The van der Waals surface area contributed by atoms with E-state index in [9.17, 15) is 25.4 Å². The summed E-state index contributed by atoms with van der Waals surface area (Å²) in [6.45, 7) is 0. The highest BCUT2D eigenvalue weighted by Gasteiger charge is 2.26. The van der Waals surface area contributed by atoms with E-state index in [1.807, 2.05) is 0 Å². The highest BCUT2D eigenvalue weighted by Crippen LogP contribution is 2.46. The average Bonchev–Trinajstić information content (AvgIpc) is 3.02. The molecular formula is C14H8ClN3O6. The van der Waals surface area contributed by atoms with Gasteiger partial charge in [-0.2, -0.15) is 4.98 Å². The SMILES string of the molecule is O=[N+]([O-])c1cc(-c2nc(-c3cccc(O)c3)no2)c(Cl)c(O)c1O. The first-order valence-corrected chi connectivity index (χ1v) is 6.78. The van der Waals surface area contributed by atoms with Crippen molar-refractivity contribution in [2.45, 2.75) is 0 Å². The Labute approximate surface area is 138 Å². The zero-order valence-electron chi connectivity index (χ0n) is 11.7. The van der Waals surface area contributed by atoms with E-state index in [1.165, 1.54) is 12.1 Å². The molecule has 122 valence electrons. The van der Waals surface area contributed by atoms with Crippen molar-refractivity contribution in [1.82, 2.24) is 10.1 Å². The van der Waals surface area contributed by atoms with Crippen molar-refractivity contribution in [3.8, 4) is 40.1 Å². The second-order valence-electron chi connectivity index (χ2n) is 4.69. The van der Waals surface area contributed by atoms with Gasteiger partial charge in [-0.15, -0.1) is 0 Å². The maximum atomic E-state index is 10.9. The first-order chi connectivity index (χ1) is 11.4. The zero-order chi connectivity index (χ0) is 17.4. The minimum atomic E-state index is -0.957. The van der Waals surface area contributed by atoms with Crippen molar-refractivity contribution < 1.29 is 24.8 Å². The van der Waals surface area contributed by atoms with Gasteiger partial charge in [-0.25, -0.2) is 0 Å². The molecule has 3 aromatic rings. The molecule has 9 nitrogen and oxygen atoms in total. The summed E-state index contributed by atoms with van der Waals surface area (Å²) in [4.78, 5) is 14.1. The molecule has 0 aliphatic carbocycles. The average molecular weight is 350 g/mol. The summed E-state index contributed by atoms with van der Waals surface area (Å²) in [5.41, 5.74) is -0.430. The van der Waals surface area contributed by atoms with E-state index in [2.05, 4.69) is 10.1 Å². The molecule has 2 aromatic carbocycles. The van der Waals surface area contributed by atoms with E-state index in [1.54, 1.807) is 12.1 Å². The summed E-state index contributed by atoms with van der Waals surface area (Å²) in [7, 11) is 0. The van der Waals surface area contributed by atoms with Crippen molar-refractivity contribution in [1.29, 1.82) is 0 Å². The van der Waals surface area contributed by atoms with Gasteiger partial charge >= 0.3 is 5.69 Å². The standard InChI is InChI=1S/C14H8ClN3O6/c15-10-8(5-9(18(22)23)11(20)12(10)21)14-16-13(17-24-14)6-2-1-3-7(19)4-6/h1-5,19-21H. The third kappa shape index (κ3) is 2.57. The predicted molar refractivity (Wildman–Crippen MR) is 81.8 cm³/mol. The van der Waals surface area contributed by atoms with Gasteiger partial charge in [-0.1, -0.05) is 28.9 Å². The number of halogens is 1. The molecule has 1 heterocycles. The fourth-order valence-corrected chi connectivity index (χ4v) is 2.24. The lowest BCUT2D eigenvalue weighted by Crippen LogP contribution is -1.91. The number of nitro groups is 1. The first-order valence-electron chi connectivity index (χ1n) is 6.40. The summed E-state index contributed by atoms with van der Waals surface area (Å²) in [6, 6.07) is 6.96. The maximum Gasteiger partial charge on any atom is 0.315 e. The Morgan fingerprint density at radius 2 is 1.92 bits per heavy atom. The minimum Gasteiger partial charge on any atom is -0.508 e. The third-order valence-electron chi connectivity index (χ3n) is 3.15. The Morgan fingerprint density at radius 3 is 2.58 bits per heavy atom. The van der Waals surface area contributed by atoms with Crippen LogP contribution in [0.3, 0.4) is 0 Å². The van der Waals surface area contributed by atoms with Crippen molar-refractivity contribution >= 4 is 17.3 Å². The summed E-state index contributed by atoms with van der Waals surface area (Å²) < 4.78 is 5.01. The minimum absolute atomic E-state index is 0.00482. The Hall–Kier alpha value is -3.33. The van der Waals surface area contributed by atoms with E-state index in [0.29, 0.717) is 5.56 Å². The highest BCUT2D eigenvalue weighted by molar-refractivity contribution is 6.35. The molecule has 0 spiro atoms. The van der Waals surface area contributed by atoms with Crippen LogP contribution in [0.4, 0.5) is 5.69 Å².